The number of aliphatic hydroxyl groups is 1. The van der Waals surface area contributed by atoms with Crippen LogP contribution in [0.4, 0.5) is 0 Å². The number of aliphatic hydroxyl groups excluding tert-OH is 1. The van der Waals surface area contributed by atoms with Gasteiger partial charge in [-0.25, -0.2) is 0 Å². The summed E-state index contributed by atoms with van der Waals surface area (Å²) in [5.74, 6) is 0.801. The fraction of sp³-hybridized carbons (Fsp3) is 0.300. The van der Waals surface area contributed by atoms with Crippen LogP contribution in [0.15, 0.2) is 60.7 Å². The highest BCUT2D eigenvalue weighted by molar-refractivity contribution is 5.81. The van der Waals surface area contributed by atoms with E-state index in [1.807, 2.05) is 30.3 Å². The Kier molecular flexibility index (Phi) is 4.24. The monoisotopic (exact) mass is 322 g/mol. The molecule has 1 atom stereocenters. The summed E-state index contributed by atoms with van der Waals surface area (Å²) in [6.45, 7) is 3.75. The number of aromatic nitrogens is 1. The molecule has 124 valence electrons. The minimum Gasteiger partial charge on any atom is -0.491 e. The zero-order valence-electron chi connectivity index (χ0n) is 13.6. The first kappa shape index (κ1) is 15.2. The zero-order chi connectivity index (χ0) is 16.4. The number of hydrogen-bond donors (Lipinski definition) is 1. The van der Waals surface area contributed by atoms with Crippen LogP contribution in [0, 0.1) is 0 Å². The molecule has 0 amide bonds. The number of ether oxygens (including phenoxy) is 1. The average Bonchev–Trinajstić information content (AvgIpc) is 2.98. The molecule has 2 heterocycles. The minimum atomic E-state index is -0.485. The number of para-hydroxylation sites is 2. The second-order valence-corrected chi connectivity index (χ2v) is 6.36. The lowest BCUT2D eigenvalue weighted by atomic mass is 10.2. The Morgan fingerprint density at radius 2 is 1.79 bits per heavy atom. The Balaban J connectivity index is 1.36. The van der Waals surface area contributed by atoms with E-state index in [0.29, 0.717) is 13.2 Å². The van der Waals surface area contributed by atoms with Crippen molar-refractivity contribution in [1.82, 2.24) is 9.47 Å². The van der Waals surface area contributed by atoms with Crippen LogP contribution < -0.4 is 4.74 Å². The Labute approximate surface area is 141 Å². The third-order valence-electron chi connectivity index (χ3n) is 4.58. The quantitative estimate of drug-likeness (QED) is 0.785. The van der Waals surface area contributed by atoms with Crippen molar-refractivity contribution in [2.24, 2.45) is 0 Å². The summed E-state index contributed by atoms with van der Waals surface area (Å²) < 4.78 is 8.03. The molecule has 0 aliphatic carbocycles. The normalized spacial score (nSPS) is 16.0. The molecule has 1 aliphatic rings. The van der Waals surface area contributed by atoms with Crippen molar-refractivity contribution in [3.8, 4) is 5.75 Å². The van der Waals surface area contributed by atoms with Gasteiger partial charge in [-0.2, -0.15) is 0 Å². The fourth-order valence-electron chi connectivity index (χ4n) is 3.43. The zero-order valence-corrected chi connectivity index (χ0v) is 13.6. The van der Waals surface area contributed by atoms with E-state index in [2.05, 4.69) is 39.8 Å². The van der Waals surface area contributed by atoms with Gasteiger partial charge in [0.2, 0.25) is 0 Å². The third kappa shape index (κ3) is 3.16. The fourth-order valence-corrected chi connectivity index (χ4v) is 3.43. The van der Waals surface area contributed by atoms with E-state index in [1.54, 1.807) is 0 Å². The van der Waals surface area contributed by atoms with Crippen molar-refractivity contribution >= 4 is 10.9 Å². The number of fused-ring (bicyclic) bond motifs is 3. The molecular formula is C20H22N2O2. The van der Waals surface area contributed by atoms with Crippen LogP contribution in [-0.4, -0.2) is 40.4 Å². The van der Waals surface area contributed by atoms with Crippen LogP contribution in [-0.2, 0) is 13.1 Å². The Morgan fingerprint density at radius 3 is 2.67 bits per heavy atom. The summed E-state index contributed by atoms with van der Waals surface area (Å²) >= 11 is 0. The molecule has 1 N–H and O–H groups in total. The van der Waals surface area contributed by atoms with Gasteiger partial charge in [0, 0.05) is 37.4 Å². The lowest BCUT2D eigenvalue weighted by molar-refractivity contribution is 0.0593. The van der Waals surface area contributed by atoms with Crippen molar-refractivity contribution < 1.29 is 9.84 Å². The van der Waals surface area contributed by atoms with Gasteiger partial charge >= 0.3 is 0 Å². The highest BCUT2D eigenvalue weighted by Crippen LogP contribution is 2.24. The molecule has 0 bridgehead atoms. The highest BCUT2D eigenvalue weighted by Gasteiger charge is 2.20. The third-order valence-corrected chi connectivity index (χ3v) is 4.58. The van der Waals surface area contributed by atoms with Gasteiger partial charge in [0.1, 0.15) is 18.5 Å². The SMILES string of the molecule is OC(COc1ccccc1)CN1CCn2c(cc3ccccc32)C1. The second-order valence-electron chi connectivity index (χ2n) is 6.36. The van der Waals surface area contributed by atoms with Crippen LogP contribution in [0.3, 0.4) is 0 Å². The Bertz CT molecular complexity index is 813. The van der Waals surface area contributed by atoms with Gasteiger partial charge in [-0.1, -0.05) is 36.4 Å². The molecule has 1 aliphatic heterocycles. The second kappa shape index (κ2) is 6.67. The summed E-state index contributed by atoms with van der Waals surface area (Å²) in [5.41, 5.74) is 2.62. The Hall–Kier alpha value is -2.30. The smallest absolute Gasteiger partial charge is 0.119 e. The Morgan fingerprint density at radius 1 is 1.00 bits per heavy atom. The van der Waals surface area contributed by atoms with Crippen molar-refractivity contribution in [2.45, 2.75) is 19.2 Å². The van der Waals surface area contributed by atoms with E-state index in [9.17, 15) is 5.11 Å². The number of hydrogen-bond acceptors (Lipinski definition) is 3. The first-order valence-electron chi connectivity index (χ1n) is 8.45. The lowest BCUT2D eigenvalue weighted by Gasteiger charge is -2.30. The van der Waals surface area contributed by atoms with Crippen LogP contribution in [0.5, 0.6) is 5.75 Å². The van der Waals surface area contributed by atoms with E-state index >= 15 is 0 Å². The van der Waals surface area contributed by atoms with Crippen LogP contribution in [0.2, 0.25) is 0 Å². The van der Waals surface area contributed by atoms with E-state index in [1.165, 1.54) is 16.6 Å². The molecule has 0 spiro atoms. The van der Waals surface area contributed by atoms with Gasteiger partial charge in [0.15, 0.2) is 0 Å². The molecule has 4 nitrogen and oxygen atoms in total. The molecule has 1 aromatic heterocycles. The molecule has 0 saturated heterocycles. The molecule has 4 rings (SSSR count). The van der Waals surface area contributed by atoms with Gasteiger partial charge in [0.05, 0.1) is 0 Å². The van der Waals surface area contributed by atoms with E-state index < -0.39 is 6.10 Å². The van der Waals surface area contributed by atoms with Crippen LogP contribution in [0.1, 0.15) is 5.69 Å². The minimum absolute atomic E-state index is 0.323. The summed E-state index contributed by atoms with van der Waals surface area (Å²) in [7, 11) is 0. The molecule has 4 heteroatoms. The summed E-state index contributed by atoms with van der Waals surface area (Å²) in [6, 6.07) is 20.4. The van der Waals surface area contributed by atoms with Crippen LogP contribution in [0.25, 0.3) is 10.9 Å². The van der Waals surface area contributed by atoms with Gasteiger partial charge in [-0.3, -0.25) is 4.90 Å². The highest BCUT2D eigenvalue weighted by atomic mass is 16.5. The first-order chi connectivity index (χ1) is 11.8. The molecule has 3 aromatic rings. The lowest BCUT2D eigenvalue weighted by Crippen LogP contribution is -2.40. The van der Waals surface area contributed by atoms with Crippen LogP contribution >= 0.6 is 0 Å². The molecule has 0 fully saturated rings. The number of benzene rings is 2. The van der Waals surface area contributed by atoms with Gasteiger partial charge in [-0.05, 0) is 29.7 Å². The average molecular weight is 322 g/mol. The van der Waals surface area contributed by atoms with E-state index in [-0.39, 0.29) is 0 Å². The topological polar surface area (TPSA) is 37.6 Å². The van der Waals surface area contributed by atoms with Crippen molar-refractivity contribution in [1.29, 1.82) is 0 Å². The summed E-state index contributed by atoms with van der Waals surface area (Å²) in [6.07, 6.45) is -0.485. The predicted octanol–water partition coefficient (Wildman–Crippen LogP) is 2.90. The van der Waals surface area contributed by atoms with Crippen molar-refractivity contribution in [3.63, 3.8) is 0 Å². The molecule has 0 saturated carbocycles. The van der Waals surface area contributed by atoms with Gasteiger partial charge in [0.25, 0.3) is 0 Å². The molecule has 1 unspecified atom stereocenters. The molecule has 2 aromatic carbocycles. The van der Waals surface area contributed by atoms with E-state index in [0.717, 1.165) is 25.4 Å². The molecule has 24 heavy (non-hydrogen) atoms. The molecule has 0 radical (unpaired) electrons. The van der Waals surface area contributed by atoms with Crippen molar-refractivity contribution in [3.05, 3.63) is 66.4 Å². The molecular weight excluding hydrogens is 300 g/mol. The van der Waals surface area contributed by atoms with Gasteiger partial charge in [-0.15, -0.1) is 0 Å². The maximum atomic E-state index is 10.3. The predicted molar refractivity (Wildman–Crippen MR) is 95.2 cm³/mol. The van der Waals surface area contributed by atoms with E-state index in [4.69, 9.17) is 4.74 Å². The summed E-state index contributed by atoms with van der Waals surface area (Å²) in [4.78, 5) is 2.30. The number of β-amino-alcohol motifs (C(OH)–C–C–N with tert-alkyl or cyclic N) is 1. The van der Waals surface area contributed by atoms with Crippen molar-refractivity contribution in [2.75, 3.05) is 19.7 Å². The number of nitrogens with zero attached hydrogens (tertiary/aromatic N) is 2. The first-order valence-corrected chi connectivity index (χ1v) is 8.45. The largest absolute Gasteiger partial charge is 0.491 e. The number of rotatable bonds is 5. The maximum absolute atomic E-state index is 10.3. The summed E-state index contributed by atoms with van der Waals surface area (Å²) in [5, 5.41) is 11.6. The maximum Gasteiger partial charge on any atom is 0.119 e. The standard InChI is InChI=1S/C20H22N2O2/c23-18(15-24-19-7-2-1-3-8-19)14-21-10-11-22-17(13-21)12-16-6-4-5-9-20(16)22/h1-9,12,18,23H,10-11,13-15H2. The van der Waals surface area contributed by atoms with Gasteiger partial charge < -0.3 is 14.4 Å².